The van der Waals surface area contributed by atoms with Crippen molar-refractivity contribution in [2.45, 2.75) is 13.8 Å². The molecule has 0 aromatic heterocycles. The van der Waals surface area contributed by atoms with Crippen LogP contribution >= 0.6 is 15.8 Å². The van der Waals surface area contributed by atoms with Crippen LogP contribution in [0.1, 0.15) is 13.8 Å². The number of hydrogen-bond donors (Lipinski definition) is 0. The fraction of sp³-hybridized carbons (Fsp3) is 1.00. The van der Waals surface area contributed by atoms with Crippen LogP contribution in [0, 0.1) is 0 Å². The van der Waals surface area contributed by atoms with Gasteiger partial charge in [0.2, 0.25) is 0 Å². The lowest BCUT2D eigenvalue weighted by Crippen LogP contribution is -2.46. The Bertz CT molecular complexity index is 162. The number of rotatable bonds is 6. The largest absolute Gasteiger partial charge is 0.297 e. The number of nitrogens with zero attached hydrogens (tertiary/aromatic N) is 2. The number of piperazine rings is 1. The van der Waals surface area contributed by atoms with Crippen LogP contribution in [0.4, 0.5) is 0 Å². The Morgan fingerprint density at radius 1 is 0.750 bits per heavy atom. The Hall–Kier alpha value is 0.780. The van der Waals surface area contributed by atoms with Gasteiger partial charge in [-0.3, -0.25) is 9.80 Å². The van der Waals surface area contributed by atoms with Crippen molar-refractivity contribution in [2.75, 3.05) is 64.4 Å². The summed E-state index contributed by atoms with van der Waals surface area (Å²) in [4.78, 5) is 5.35. The van der Waals surface area contributed by atoms with E-state index < -0.39 is 0 Å². The molecule has 4 heteroatoms. The first-order chi connectivity index (χ1) is 7.65. The first kappa shape index (κ1) is 14.8. The third-order valence-electron chi connectivity index (χ3n) is 3.43. The molecule has 0 aromatic rings. The van der Waals surface area contributed by atoms with E-state index in [-0.39, 0.29) is 15.8 Å². The van der Waals surface area contributed by atoms with Crippen molar-refractivity contribution in [1.82, 2.24) is 9.80 Å². The summed E-state index contributed by atoms with van der Waals surface area (Å²) >= 11 is 0. The third kappa shape index (κ3) is 5.41. The number of hydrogen-bond acceptors (Lipinski definition) is 2. The fourth-order valence-electron chi connectivity index (χ4n) is 1.95. The summed E-state index contributed by atoms with van der Waals surface area (Å²) in [6.45, 7) is 14.7. The molecule has 0 aliphatic carbocycles. The maximum Gasteiger partial charge on any atom is 0.0182 e. The highest BCUT2D eigenvalue weighted by molar-refractivity contribution is 7.56. The second kappa shape index (κ2) is 7.98. The first-order valence-corrected chi connectivity index (χ1v) is 10.8. The van der Waals surface area contributed by atoms with Gasteiger partial charge in [0.15, 0.2) is 0 Å². The zero-order valence-electron chi connectivity index (χ0n) is 11.4. The molecule has 0 saturated carbocycles. The van der Waals surface area contributed by atoms with E-state index in [1.165, 1.54) is 51.1 Å². The molecule has 16 heavy (non-hydrogen) atoms. The summed E-state index contributed by atoms with van der Waals surface area (Å²) in [6.07, 6.45) is 5.50. The highest BCUT2D eigenvalue weighted by Crippen LogP contribution is 2.32. The van der Waals surface area contributed by atoms with Crippen molar-refractivity contribution in [3.63, 3.8) is 0 Å². The van der Waals surface area contributed by atoms with Crippen LogP contribution in [0.5, 0.6) is 0 Å². The summed E-state index contributed by atoms with van der Waals surface area (Å²) in [5.41, 5.74) is 0. The smallest absolute Gasteiger partial charge is 0.0182 e. The predicted octanol–water partition coefficient (Wildman–Crippen LogP) is 2.78. The van der Waals surface area contributed by atoms with E-state index in [4.69, 9.17) is 0 Å². The van der Waals surface area contributed by atoms with Crippen molar-refractivity contribution < 1.29 is 0 Å². The Balaban J connectivity index is 2.18. The molecule has 1 saturated heterocycles. The topological polar surface area (TPSA) is 6.48 Å². The summed E-state index contributed by atoms with van der Waals surface area (Å²) in [7, 11) is 0.552. The van der Waals surface area contributed by atoms with Crippen LogP contribution in [0.3, 0.4) is 0 Å². The summed E-state index contributed by atoms with van der Waals surface area (Å²) < 4.78 is 0. The van der Waals surface area contributed by atoms with Crippen LogP contribution in [0.2, 0.25) is 0 Å². The highest BCUT2D eigenvalue weighted by Gasteiger charge is 2.18. The van der Waals surface area contributed by atoms with Gasteiger partial charge in [-0.2, -0.15) is 0 Å². The summed E-state index contributed by atoms with van der Waals surface area (Å²) in [5, 5.41) is 0. The maximum absolute atomic E-state index is 2.68. The Labute approximate surface area is 104 Å². The van der Waals surface area contributed by atoms with Gasteiger partial charge in [0.1, 0.15) is 0 Å². The molecule has 1 aliphatic heterocycles. The van der Waals surface area contributed by atoms with E-state index in [9.17, 15) is 0 Å². The van der Waals surface area contributed by atoms with Crippen LogP contribution in [-0.4, -0.2) is 74.2 Å². The first-order valence-electron chi connectivity index (χ1n) is 6.47. The van der Waals surface area contributed by atoms with Gasteiger partial charge in [0, 0.05) is 38.8 Å². The molecule has 1 fully saturated rings. The molecule has 1 aliphatic rings. The van der Waals surface area contributed by atoms with Gasteiger partial charge in [-0.25, -0.2) is 0 Å². The molecule has 0 N–H and O–H groups in total. The van der Waals surface area contributed by atoms with Gasteiger partial charge < -0.3 is 0 Å². The molecule has 1 rings (SSSR count). The van der Waals surface area contributed by atoms with E-state index >= 15 is 0 Å². The maximum atomic E-state index is 2.68. The van der Waals surface area contributed by atoms with Crippen LogP contribution in [-0.2, 0) is 0 Å². The minimum Gasteiger partial charge on any atom is -0.297 e. The fourth-order valence-corrected chi connectivity index (χ4v) is 4.29. The lowest BCUT2D eigenvalue weighted by Gasteiger charge is -2.36. The lowest BCUT2D eigenvalue weighted by molar-refractivity contribution is 0.167. The van der Waals surface area contributed by atoms with Crippen LogP contribution in [0.25, 0.3) is 0 Å². The Morgan fingerprint density at radius 3 is 1.31 bits per heavy atom. The Kier molecular flexibility index (Phi) is 7.40. The standard InChI is InChI=1S/C12H28N2P2/c1-5-15(3)11-13-7-9-14(10-8-13)12-16(4)6-2/h5-12H2,1-4H3. The van der Waals surface area contributed by atoms with Gasteiger partial charge in [0.05, 0.1) is 0 Å². The van der Waals surface area contributed by atoms with Gasteiger partial charge in [-0.15, -0.1) is 0 Å². The van der Waals surface area contributed by atoms with Gasteiger partial charge in [-0.05, 0) is 25.7 Å². The molecule has 96 valence electrons. The average Bonchev–Trinajstić information content (AvgIpc) is 2.31. The van der Waals surface area contributed by atoms with Crippen molar-refractivity contribution in [3.8, 4) is 0 Å². The molecule has 1 heterocycles. The van der Waals surface area contributed by atoms with Gasteiger partial charge in [0.25, 0.3) is 0 Å². The zero-order valence-corrected chi connectivity index (χ0v) is 13.2. The molecule has 2 atom stereocenters. The molecule has 2 unspecified atom stereocenters. The monoisotopic (exact) mass is 262 g/mol. The molecule has 0 amide bonds. The third-order valence-corrected chi connectivity index (χ3v) is 7.35. The van der Waals surface area contributed by atoms with E-state index in [0.29, 0.717) is 0 Å². The molecule has 0 bridgehead atoms. The summed E-state index contributed by atoms with van der Waals surface area (Å²) in [5.74, 6) is 0. The minimum absolute atomic E-state index is 0.276. The van der Waals surface area contributed by atoms with Crippen LogP contribution < -0.4 is 0 Å². The lowest BCUT2D eigenvalue weighted by atomic mass is 10.4. The van der Waals surface area contributed by atoms with E-state index in [1.54, 1.807) is 0 Å². The zero-order chi connectivity index (χ0) is 12.0. The van der Waals surface area contributed by atoms with Crippen molar-refractivity contribution in [2.24, 2.45) is 0 Å². The SMILES string of the molecule is CCP(C)CN1CCN(CP(C)CC)CC1. The van der Waals surface area contributed by atoms with E-state index in [1.807, 2.05) is 0 Å². The highest BCUT2D eigenvalue weighted by atomic mass is 31.1. The second-order valence-corrected chi connectivity index (χ2v) is 10.1. The van der Waals surface area contributed by atoms with E-state index in [2.05, 4.69) is 37.0 Å². The molecular formula is C12H28N2P2. The molecule has 2 nitrogen and oxygen atoms in total. The van der Waals surface area contributed by atoms with Gasteiger partial charge in [-0.1, -0.05) is 29.7 Å². The molecule has 0 spiro atoms. The van der Waals surface area contributed by atoms with Crippen molar-refractivity contribution >= 4 is 15.8 Å². The molecule has 0 aromatic carbocycles. The average molecular weight is 262 g/mol. The van der Waals surface area contributed by atoms with E-state index in [0.717, 1.165) is 0 Å². The van der Waals surface area contributed by atoms with Crippen molar-refractivity contribution in [1.29, 1.82) is 0 Å². The molecule has 0 radical (unpaired) electrons. The van der Waals surface area contributed by atoms with Gasteiger partial charge >= 0.3 is 0 Å². The predicted molar refractivity (Wildman–Crippen MR) is 79.7 cm³/mol. The summed E-state index contributed by atoms with van der Waals surface area (Å²) in [6, 6.07) is 0. The normalized spacial score (nSPS) is 23.2. The van der Waals surface area contributed by atoms with Crippen molar-refractivity contribution in [3.05, 3.63) is 0 Å². The van der Waals surface area contributed by atoms with Crippen LogP contribution in [0.15, 0.2) is 0 Å². The minimum atomic E-state index is 0.276. The Morgan fingerprint density at radius 2 is 1.06 bits per heavy atom. The second-order valence-electron chi connectivity index (χ2n) is 4.86. The quantitative estimate of drug-likeness (QED) is 0.679. The molecular weight excluding hydrogens is 234 g/mol.